The van der Waals surface area contributed by atoms with E-state index >= 15 is 0 Å². The van der Waals surface area contributed by atoms with Crippen LogP contribution < -0.4 is 5.32 Å². The van der Waals surface area contributed by atoms with Gasteiger partial charge in [-0.05, 0) is 19.3 Å². The molecule has 1 saturated heterocycles. The van der Waals surface area contributed by atoms with Crippen LogP contribution in [-0.4, -0.2) is 35.3 Å². The zero-order valence-corrected chi connectivity index (χ0v) is 9.88. The Balaban J connectivity index is 2.43. The first kappa shape index (κ1) is 12.3. The molecule has 1 fully saturated rings. The molecule has 3 amide bonds. The molecule has 1 aliphatic heterocycles. The molecule has 1 heterocycles. The first-order valence-electron chi connectivity index (χ1n) is 5.21. The predicted octanol–water partition coefficient (Wildman–Crippen LogP) is 1.58. The van der Waals surface area contributed by atoms with Crippen LogP contribution in [-0.2, 0) is 4.79 Å². The second kappa shape index (κ2) is 5.35. The second-order valence-corrected chi connectivity index (χ2v) is 4.51. The number of carbonyl (C=O) groups excluding carboxylic acids is 2. The highest BCUT2D eigenvalue weighted by Gasteiger charge is 2.30. The predicted molar refractivity (Wildman–Crippen MR) is 58.8 cm³/mol. The van der Waals surface area contributed by atoms with E-state index in [9.17, 15) is 9.59 Å². The lowest BCUT2D eigenvalue weighted by atomic mass is 10.1. The maximum atomic E-state index is 11.6. The fraction of sp³-hybridized carbons (Fsp3) is 0.800. The van der Waals surface area contributed by atoms with Gasteiger partial charge in [0, 0.05) is 24.9 Å². The molecule has 0 aromatic heterocycles. The van der Waals surface area contributed by atoms with Crippen molar-refractivity contribution in [2.45, 2.75) is 32.7 Å². The Morgan fingerprint density at radius 1 is 1.47 bits per heavy atom. The number of rotatable bonds is 2. The normalized spacial score (nSPS) is 25.4. The number of alkyl halides is 1. The molecule has 0 spiro atoms. The number of nitrogens with one attached hydrogen (secondary N) is 1. The zero-order chi connectivity index (χ0) is 11.4. The third-order valence-electron chi connectivity index (χ3n) is 2.61. The minimum absolute atomic E-state index is 0.186. The molecule has 1 aliphatic rings. The van der Waals surface area contributed by atoms with E-state index in [2.05, 4.69) is 12.2 Å². The standard InChI is InChI=1S/C10H17ClN2O2/c1-7-5-8(2)13(6-7)10(15)12-9(14)3-4-11/h7-8H,3-6H2,1-2H3,(H,12,14,15). The van der Waals surface area contributed by atoms with Crippen molar-refractivity contribution in [3.8, 4) is 0 Å². The number of likely N-dealkylation sites (tertiary alicyclic amines) is 1. The van der Waals surface area contributed by atoms with Gasteiger partial charge in [-0.1, -0.05) is 6.92 Å². The van der Waals surface area contributed by atoms with Crippen LogP contribution >= 0.6 is 11.6 Å². The number of halogens is 1. The minimum Gasteiger partial charge on any atom is -0.321 e. The minimum atomic E-state index is -0.304. The Hall–Kier alpha value is -0.770. The molecule has 0 saturated carbocycles. The number of imide groups is 1. The van der Waals surface area contributed by atoms with E-state index < -0.39 is 0 Å². The summed E-state index contributed by atoms with van der Waals surface area (Å²) in [5.74, 6) is 0.445. The topological polar surface area (TPSA) is 49.4 Å². The average molecular weight is 233 g/mol. The number of carbonyl (C=O) groups is 2. The third kappa shape index (κ3) is 3.38. The maximum absolute atomic E-state index is 11.6. The van der Waals surface area contributed by atoms with Crippen molar-refractivity contribution in [3.63, 3.8) is 0 Å². The summed E-state index contributed by atoms with van der Waals surface area (Å²) in [5, 5.41) is 2.34. The summed E-state index contributed by atoms with van der Waals surface area (Å²) in [5.41, 5.74) is 0. The van der Waals surface area contributed by atoms with Gasteiger partial charge in [0.25, 0.3) is 0 Å². The van der Waals surface area contributed by atoms with Gasteiger partial charge in [0.05, 0.1) is 0 Å². The number of nitrogens with zero attached hydrogens (tertiary/aromatic N) is 1. The first-order chi connectivity index (χ1) is 7.04. The number of hydrogen-bond acceptors (Lipinski definition) is 2. The first-order valence-corrected chi connectivity index (χ1v) is 5.74. The van der Waals surface area contributed by atoms with Gasteiger partial charge in [0.2, 0.25) is 5.91 Å². The molecular formula is C10H17ClN2O2. The van der Waals surface area contributed by atoms with E-state index in [1.54, 1.807) is 4.90 Å². The van der Waals surface area contributed by atoms with E-state index in [-0.39, 0.29) is 30.3 Å². The van der Waals surface area contributed by atoms with Crippen LogP contribution in [0.15, 0.2) is 0 Å². The summed E-state index contributed by atoms with van der Waals surface area (Å²) < 4.78 is 0. The molecule has 1 N–H and O–H groups in total. The molecule has 0 radical (unpaired) electrons. The van der Waals surface area contributed by atoms with Crippen LogP contribution in [0.1, 0.15) is 26.7 Å². The van der Waals surface area contributed by atoms with Gasteiger partial charge < -0.3 is 4.90 Å². The molecule has 2 unspecified atom stereocenters. The summed E-state index contributed by atoms with van der Waals surface area (Å²) in [6.45, 7) is 4.82. The average Bonchev–Trinajstić information content (AvgIpc) is 2.45. The molecule has 0 aromatic rings. The molecule has 4 nitrogen and oxygen atoms in total. The zero-order valence-electron chi connectivity index (χ0n) is 9.12. The lowest BCUT2D eigenvalue weighted by Gasteiger charge is -2.21. The monoisotopic (exact) mass is 232 g/mol. The molecular weight excluding hydrogens is 216 g/mol. The van der Waals surface area contributed by atoms with E-state index in [0.717, 1.165) is 13.0 Å². The molecule has 1 rings (SSSR count). The van der Waals surface area contributed by atoms with E-state index in [4.69, 9.17) is 11.6 Å². The fourth-order valence-corrected chi connectivity index (χ4v) is 2.09. The largest absolute Gasteiger partial charge is 0.324 e. The molecule has 0 bridgehead atoms. The molecule has 5 heteroatoms. The number of urea groups is 1. The van der Waals surface area contributed by atoms with Gasteiger partial charge in [0.15, 0.2) is 0 Å². The Kier molecular flexibility index (Phi) is 4.39. The van der Waals surface area contributed by atoms with Crippen molar-refractivity contribution in [3.05, 3.63) is 0 Å². The maximum Gasteiger partial charge on any atom is 0.324 e. The second-order valence-electron chi connectivity index (χ2n) is 4.13. The Morgan fingerprint density at radius 3 is 2.60 bits per heavy atom. The highest BCUT2D eigenvalue weighted by Crippen LogP contribution is 2.21. The quantitative estimate of drug-likeness (QED) is 0.735. The molecule has 0 aliphatic carbocycles. The summed E-state index contributed by atoms with van der Waals surface area (Å²) in [6, 6.07) is -0.0780. The smallest absolute Gasteiger partial charge is 0.321 e. The van der Waals surface area contributed by atoms with Gasteiger partial charge in [0.1, 0.15) is 0 Å². The van der Waals surface area contributed by atoms with Crippen molar-refractivity contribution in [1.82, 2.24) is 10.2 Å². The van der Waals surface area contributed by atoms with Crippen LogP contribution in [0.2, 0.25) is 0 Å². The number of hydrogen-bond donors (Lipinski definition) is 1. The Labute approximate surface area is 95.0 Å². The SMILES string of the molecule is CC1CC(C)N(C(=O)NC(=O)CCCl)C1. The summed E-state index contributed by atoms with van der Waals surface area (Å²) in [7, 11) is 0. The van der Waals surface area contributed by atoms with E-state index in [1.165, 1.54) is 0 Å². The Morgan fingerprint density at radius 2 is 2.13 bits per heavy atom. The molecule has 15 heavy (non-hydrogen) atoms. The van der Waals surface area contributed by atoms with Gasteiger partial charge in [-0.2, -0.15) is 0 Å². The summed E-state index contributed by atoms with van der Waals surface area (Å²) in [6.07, 6.45) is 1.18. The van der Waals surface area contributed by atoms with Crippen LogP contribution in [0.5, 0.6) is 0 Å². The van der Waals surface area contributed by atoms with Crippen LogP contribution in [0, 0.1) is 5.92 Å². The highest BCUT2D eigenvalue weighted by atomic mass is 35.5. The fourth-order valence-electron chi connectivity index (χ4n) is 1.92. The number of amides is 3. The third-order valence-corrected chi connectivity index (χ3v) is 2.80. The van der Waals surface area contributed by atoms with Crippen molar-refractivity contribution in [2.75, 3.05) is 12.4 Å². The lowest BCUT2D eigenvalue weighted by Crippen LogP contribution is -2.44. The summed E-state index contributed by atoms with van der Waals surface area (Å²) in [4.78, 5) is 24.5. The van der Waals surface area contributed by atoms with Gasteiger partial charge in [-0.25, -0.2) is 4.79 Å². The van der Waals surface area contributed by atoms with Crippen molar-refractivity contribution in [2.24, 2.45) is 5.92 Å². The van der Waals surface area contributed by atoms with E-state index in [0.29, 0.717) is 5.92 Å². The van der Waals surface area contributed by atoms with Crippen LogP contribution in [0.25, 0.3) is 0 Å². The lowest BCUT2D eigenvalue weighted by molar-refractivity contribution is -0.119. The van der Waals surface area contributed by atoms with Gasteiger partial charge in [-0.3, -0.25) is 10.1 Å². The van der Waals surface area contributed by atoms with Gasteiger partial charge >= 0.3 is 6.03 Å². The van der Waals surface area contributed by atoms with Crippen molar-refractivity contribution < 1.29 is 9.59 Å². The van der Waals surface area contributed by atoms with Crippen LogP contribution in [0.3, 0.4) is 0 Å². The molecule has 2 atom stereocenters. The molecule has 0 aromatic carbocycles. The Bertz CT molecular complexity index is 258. The van der Waals surface area contributed by atoms with Crippen molar-refractivity contribution >= 4 is 23.5 Å². The molecule has 86 valence electrons. The van der Waals surface area contributed by atoms with Crippen LogP contribution in [0.4, 0.5) is 4.79 Å². The summed E-state index contributed by atoms with van der Waals surface area (Å²) >= 11 is 5.41. The van der Waals surface area contributed by atoms with Gasteiger partial charge in [-0.15, -0.1) is 11.6 Å². The highest BCUT2D eigenvalue weighted by molar-refractivity contribution is 6.19. The van der Waals surface area contributed by atoms with E-state index in [1.807, 2.05) is 6.92 Å². The van der Waals surface area contributed by atoms with Crippen molar-refractivity contribution in [1.29, 1.82) is 0 Å².